The van der Waals surface area contributed by atoms with E-state index in [4.69, 9.17) is 0 Å². The SMILES string of the molecule is CSCNC1CCCNCC1. The number of rotatable bonds is 3. The topological polar surface area (TPSA) is 24.1 Å². The van der Waals surface area contributed by atoms with E-state index >= 15 is 0 Å². The summed E-state index contributed by atoms with van der Waals surface area (Å²) in [4.78, 5) is 0. The van der Waals surface area contributed by atoms with Gasteiger partial charge >= 0.3 is 0 Å². The summed E-state index contributed by atoms with van der Waals surface area (Å²) in [7, 11) is 0. The van der Waals surface area contributed by atoms with E-state index < -0.39 is 0 Å². The molecule has 0 aromatic rings. The molecule has 66 valence electrons. The van der Waals surface area contributed by atoms with Gasteiger partial charge in [0.25, 0.3) is 0 Å². The number of thioether (sulfide) groups is 1. The van der Waals surface area contributed by atoms with Crippen LogP contribution >= 0.6 is 11.8 Å². The van der Waals surface area contributed by atoms with Crippen molar-refractivity contribution in [2.24, 2.45) is 0 Å². The summed E-state index contributed by atoms with van der Waals surface area (Å²) in [6, 6.07) is 0.762. The molecular weight excluding hydrogens is 156 g/mol. The van der Waals surface area contributed by atoms with Crippen molar-refractivity contribution < 1.29 is 0 Å². The highest BCUT2D eigenvalue weighted by Gasteiger charge is 2.09. The van der Waals surface area contributed by atoms with Crippen molar-refractivity contribution >= 4 is 11.8 Å². The molecule has 2 nitrogen and oxygen atoms in total. The molecule has 1 fully saturated rings. The summed E-state index contributed by atoms with van der Waals surface area (Å²) in [5.74, 6) is 1.10. The molecule has 1 aliphatic heterocycles. The van der Waals surface area contributed by atoms with Gasteiger partial charge in [0.05, 0.1) is 0 Å². The second kappa shape index (κ2) is 5.86. The van der Waals surface area contributed by atoms with Crippen LogP contribution < -0.4 is 10.6 Å². The van der Waals surface area contributed by atoms with Crippen LogP contribution in [0.1, 0.15) is 19.3 Å². The Labute approximate surface area is 73.5 Å². The van der Waals surface area contributed by atoms with Gasteiger partial charge in [-0.3, -0.25) is 0 Å². The molecule has 0 amide bonds. The van der Waals surface area contributed by atoms with Gasteiger partial charge in [0.2, 0.25) is 0 Å². The first kappa shape index (κ1) is 9.36. The molecule has 1 atom stereocenters. The minimum absolute atomic E-state index is 0.762. The summed E-state index contributed by atoms with van der Waals surface area (Å²) in [6.07, 6.45) is 6.10. The van der Waals surface area contributed by atoms with E-state index in [1.165, 1.54) is 32.4 Å². The quantitative estimate of drug-likeness (QED) is 0.625. The van der Waals surface area contributed by atoms with Gasteiger partial charge < -0.3 is 10.6 Å². The van der Waals surface area contributed by atoms with Crippen LogP contribution in [0.3, 0.4) is 0 Å². The summed E-state index contributed by atoms with van der Waals surface area (Å²) in [6.45, 7) is 2.39. The Morgan fingerprint density at radius 1 is 1.45 bits per heavy atom. The Balaban J connectivity index is 2.09. The maximum absolute atomic E-state index is 3.53. The summed E-state index contributed by atoms with van der Waals surface area (Å²) < 4.78 is 0. The Bertz CT molecular complexity index is 90.1. The van der Waals surface area contributed by atoms with Crippen molar-refractivity contribution in [3.8, 4) is 0 Å². The van der Waals surface area contributed by atoms with Crippen molar-refractivity contribution in [1.82, 2.24) is 10.6 Å². The lowest BCUT2D eigenvalue weighted by atomic mass is 10.1. The molecule has 0 radical (unpaired) electrons. The summed E-state index contributed by atoms with van der Waals surface area (Å²) >= 11 is 1.87. The van der Waals surface area contributed by atoms with Crippen LogP contribution in [0.25, 0.3) is 0 Å². The van der Waals surface area contributed by atoms with Crippen LogP contribution in [0.5, 0.6) is 0 Å². The van der Waals surface area contributed by atoms with Crippen molar-refractivity contribution in [3.05, 3.63) is 0 Å². The molecule has 0 aromatic carbocycles. The third kappa shape index (κ3) is 3.99. The summed E-state index contributed by atoms with van der Waals surface area (Å²) in [5.41, 5.74) is 0. The van der Waals surface area contributed by atoms with Gasteiger partial charge in [-0.2, -0.15) is 0 Å². The molecule has 11 heavy (non-hydrogen) atoms. The van der Waals surface area contributed by atoms with Gasteiger partial charge in [0.1, 0.15) is 0 Å². The van der Waals surface area contributed by atoms with Crippen molar-refractivity contribution in [2.45, 2.75) is 25.3 Å². The largest absolute Gasteiger partial charge is 0.317 e. The highest BCUT2D eigenvalue weighted by atomic mass is 32.2. The Morgan fingerprint density at radius 2 is 2.36 bits per heavy atom. The Morgan fingerprint density at radius 3 is 3.18 bits per heavy atom. The highest BCUT2D eigenvalue weighted by Crippen LogP contribution is 2.05. The van der Waals surface area contributed by atoms with Crippen LogP contribution in [-0.4, -0.2) is 31.3 Å². The van der Waals surface area contributed by atoms with Crippen LogP contribution in [0.4, 0.5) is 0 Å². The first-order valence-electron chi connectivity index (χ1n) is 4.36. The van der Waals surface area contributed by atoms with Crippen LogP contribution in [0, 0.1) is 0 Å². The molecule has 2 N–H and O–H groups in total. The average Bonchev–Trinajstić information content (AvgIpc) is 2.28. The van der Waals surface area contributed by atoms with Gasteiger partial charge in [-0.25, -0.2) is 0 Å². The summed E-state index contributed by atoms with van der Waals surface area (Å²) in [5, 5.41) is 6.94. The zero-order chi connectivity index (χ0) is 7.94. The zero-order valence-corrected chi connectivity index (χ0v) is 8.04. The smallest absolute Gasteiger partial charge is 0.0417 e. The van der Waals surface area contributed by atoms with E-state index in [-0.39, 0.29) is 0 Å². The predicted molar refractivity (Wildman–Crippen MR) is 52.0 cm³/mol. The maximum Gasteiger partial charge on any atom is 0.0417 e. The molecule has 1 unspecified atom stereocenters. The first-order valence-corrected chi connectivity index (χ1v) is 5.76. The van der Waals surface area contributed by atoms with Gasteiger partial charge in [-0.05, 0) is 38.6 Å². The fourth-order valence-electron chi connectivity index (χ4n) is 1.42. The minimum atomic E-state index is 0.762. The van der Waals surface area contributed by atoms with Crippen LogP contribution in [0.15, 0.2) is 0 Å². The van der Waals surface area contributed by atoms with E-state index in [2.05, 4.69) is 16.9 Å². The fraction of sp³-hybridized carbons (Fsp3) is 1.00. The molecule has 0 spiro atoms. The number of nitrogens with one attached hydrogen (secondary N) is 2. The number of hydrogen-bond acceptors (Lipinski definition) is 3. The molecule has 1 saturated heterocycles. The molecule has 0 aliphatic carbocycles. The minimum Gasteiger partial charge on any atom is -0.317 e. The van der Waals surface area contributed by atoms with Crippen molar-refractivity contribution in [2.75, 3.05) is 25.2 Å². The van der Waals surface area contributed by atoms with E-state index in [1.54, 1.807) is 0 Å². The Kier molecular flexibility index (Phi) is 4.99. The van der Waals surface area contributed by atoms with E-state index in [1.807, 2.05) is 11.8 Å². The third-order valence-corrected chi connectivity index (χ3v) is 2.55. The highest BCUT2D eigenvalue weighted by molar-refractivity contribution is 7.98. The lowest BCUT2D eigenvalue weighted by Gasteiger charge is -2.14. The predicted octanol–water partition coefficient (Wildman–Crippen LogP) is 1.04. The van der Waals surface area contributed by atoms with E-state index in [0.717, 1.165) is 11.9 Å². The molecule has 0 aromatic heterocycles. The van der Waals surface area contributed by atoms with Crippen molar-refractivity contribution in [3.63, 3.8) is 0 Å². The maximum atomic E-state index is 3.53. The lowest BCUT2D eigenvalue weighted by Crippen LogP contribution is -2.29. The second-order valence-corrected chi connectivity index (χ2v) is 3.88. The standard InChI is InChI=1S/C8H18N2S/c1-11-7-10-8-3-2-5-9-6-4-8/h8-10H,2-7H2,1H3. The third-order valence-electron chi connectivity index (χ3n) is 2.09. The van der Waals surface area contributed by atoms with Gasteiger partial charge in [0.15, 0.2) is 0 Å². The van der Waals surface area contributed by atoms with E-state index in [0.29, 0.717) is 0 Å². The molecule has 1 aliphatic rings. The molecule has 0 bridgehead atoms. The monoisotopic (exact) mass is 174 g/mol. The molecule has 0 saturated carbocycles. The van der Waals surface area contributed by atoms with Crippen LogP contribution in [-0.2, 0) is 0 Å². The van der Waals surface area contributed by atoms with Gasteiger partial charge in [-0.15, -0.1) is 11.8 Å². The molecule has 1 rings (SSSR count). The van der Waals surface area contributed by atoms with Crippen LogP contribution in [0.2, 0.25) is 0 Å². The average molecular weight is 174 g/mol. The van der Waals surface area contributed by atoms with Gasteiger partial charge in [-0.1, -0.05) is 0 Å². The fourth-order valence-corrected chi connectivity index (χ4v) is 1.83. The molecular formula is C8H18N2S. The Hall–Kier alpha value is 0.270. The van der Waals surface area contributed by atoms with Gasteiger partial charge in [0, 0.05) is 11.9 Å². The van der Waals surface area contributed by atoms with Crippen molar-refractivity contribution in [1.29, 1.82) is 0 Å². The second-order valence-electron chi connectivity index (χ2n) is 3.01. The lowest BCUT2D eigenvalue weighted by molar-refractivity contribution is 0.504. The number of hydrogen-bond donors (Lipinski definition) is 2. The van der Waals surface area contributed by atoms with E-state index in [9.17, 15) is 0 Å². The first-order chi connectivity index (χ1) is 5.43. The molecule has 1 heterocycles. The normalized spacial score (nSPS) is 26.5. The molecule has 3 heteroatoms. The zero-order valence-electron chi connectivity index (χ0n) is 7.23.